The summed E-state index contributed by atoms with van der Waals surface area (Å²) in [5.41, 5.74) is 1.67. The van der Waals surface area contributed by atoms with Gasteiger partial charge < -0.3 is 10.1 Å². The lowest BCUT2D eigenvalue weighted by Gasteiger charge is -2.45. The van der Waals surface area contributed by atoms with Crippen LogP contribution in [0.2, 0.25) is 5.02 Å². The highest BCUT2D eigenvalue weighted by atomic mass is 79.9. The molecule has 1 fully saturated rings. The van der Waals surface area contributed by atoms with Gasteiger partial charge in [-0.25, -0.2) is 0 Å². The second kappa shape index (κ2) is 6.00. The Kier molecular flexibility index (Phi) is 4.84. The fourth-order valence-electron chi connectivity index (χ4n) is 4.04. The summed E-state index contributed by atoms with van der Waals surface area (Å²) < 4.78 is 6.39. The lowest BCUT2D eigenvalue weighted by atomic mass is 9.63. The maximum absolute atomic E-state index is 6.18. The summed E-state index contributed by atoms with van der Waals surface area (Å²) in [6.07, 6.45) is 3.57. The molecule has 0 saturated heterocycles. The topological polar surface area (TPSA) is 21.3 Å². The van der Waals surface area contributed by atoms with Crippen molar-refractivity contribution in [2.75, 3.05) is 12.4 Å². The van der Waals surface area contributed by atoms with E-state index in [2.05, 4.69) is 48.9 Å². The van der Waals surface area contributed by atoms with Crippen molar-refractivity contribution in [1.82, 2.24) is 0 Å². The van der Waals surface area contributed by atoms with E-state index in [4.69, 9.17) is 16.3 Å². The average molecular weight is 375 g/mol. The molecule has 1 saturated carbocycles. The third-order valence-electron chi connectivity index (χ3n) is 4.13. The number of halogens is 2. The van der Waals surface area contributed by atoms with Crippen LogP contribution in [-0.4, -0.2) is 13.2 Å². The van der Waals surface area contributed by atoms with Gasteiger partial charge in [-0.2, -0.15) is 0 Å². The van der Waals surface area contributed by atoms with E-state index in [9.17, 15) is 0 Å². The third kappa shape index (κ3) is 4.29. The van der Waals surface area contributed by atoms with E-state index in [1.165, 1.54) is 6.42 Å². The summed E-state index contributed by atoms with van der Waals surface area (Å²) in [6, 6.07) is 4.24. The number of rotatable bonds is 3. The minimum Gasteiger partial charge on any atom is -0.493 e. The van der Waals surface area contributed by atoms with Gasteiger partial charge in [0.25, 0.3) is 0 Å². The summed E-state index contributed by atoms with van der Waals surface area (Å²) in [5.74, 6) is 0.820. The van der Waals surface area contributed by atoms with Crippen LogP contribution in [0.15, 0.2) is 16.6 Å². The summed E-state index contributed by atoms with van der Waals surface area (Å²) in [5, 5.41) is 4.36. The van der Waals surface area contributed by atoms with Gasteiger partial charge in [0.2, 0.25) is 0 Å². The first-order chi connectivity index (χ1) is 9.62. The van der Waals surface area contributed by atoms with Crippen LogP contribution in [0, 0.1) is 10.8 Å². The van der Waals surface area contributed by atoms with Crippen LogP contribution in [0.3, 0.4) is 0 Å². The van der Waals surface area contributed by atoms with Gasteiger partial charge in [-0.15, -0.1) is 0 Å². The van der Waals surface area contributed by atoms with Crippen molar-refractivity contribution in [3.05, 3.63) is 21.6 Å². The smallest absolute Gasteiger partial charge is 0.156 e. The van der Waals surface area contributed by atoms with Crippen molar-refractivity contribution < 1.29 is 4.74 Å². The Labute approximate surface area is 141 Å². The van der Waals surface area contributed by atoms with Crippen LogP contribution in [0.1, 0.15) is 47.0 Å². The number of benzene rings is 1. The lowest BCUT2D eigenvalue weighted by molar-refractivity contribution is 0.105. The second-order valence-electron chi connectivity index (χ2n) is 7.72. The molecule has 118 valence electrons. The van der Waals surface area contributed by atoms with Crippen LogP contribution in [-0.2, 0) is 0 Å². The number of hydrogen-bond donors (Lipinski definition) is 1. The van der Waals surface area contributed by atoms with Crippen LogP contribution >= 0.6 is 27.5 Å². The van der Waals surface area contributed by atoms with E-state index in [1.807, 2.05) is 12.1 Å². The molecular formula is C17H25BrClNO. The maximum atomic E-state index is 6.18. The number of anilines is 1. The van der Waals surface area contributed by atoms with Crippen molar-refractivity contribution in [3.63, 3.8) is 0 Å². The monoisotopic (exact) mass is 373 g/mol. The molecule has 21 heavy (non-hydrogen) atoms. The number of ether oxygens (including phenoxy) is 1. The Bertz CT molecular complexity index is 512. The van der Waals surface area contributed by atoms with Crippen molar-refractivity contribution in [2.24, 2.45) is 10.8 Å². The number of nitrogens with one attached hydrogen (secondary N) is 1. The molecule has 1 aromatic rings. The first-order valence-electron chi connectivity index (χ1n) is 7.41. The Hall–Kier alpha value is -0.410. The minimum atomic E-state index is 0.350. The highest BCUT2D eigenvalue weighted by molar-refractivity contribution is 9.10. The lowest BCUT2D eigenvalue weighted by Crippen LogP contribution is -2.40. The second-order valence-corrected chi connectivity index (χ2v) is 9.01. The largest absolute Gasteiger partial charge is 0.493 e. The summed E-state index contributed by atoms with van der Waals surface area (Å²) >= 11 is 9.70. The molecule has 0 unspecified atom stereocenters. The van der Waals surface area contributed by atoms with Crippen molar-refractivity contribution in [1.29, 1.82) is 0 Å². The molecule has 2 nitrogen and oxygen atoms in total. The molecule has 0 spiro atoms. The van der Waals surface area contributed by atoms with Crippen LogP contribution in [0.5, 0.6) is 5.75 Å². The Balaban J connectivity index is 2.25. The molecule has 0 amide bonds. The molecule has 1 aliphatic rings. The Morgan fingerprint density at radius 3 is 2.29 bits per heavy atom. The Morgan fingerprint density at radius 1 is 1.19 bits per heavy atom. The molecule has 0 aromatic heterocycles. The van der Waals surface area contributed by atoms with E-state index >= 15 is 0 Å². The van der Waals surface area contributed by atoms with Crippen LogP contribution in [0.4, 0.5) is 5.69 Å². The molecule has 0 aliphatic heterocycles. The number of methoxy groups -OCH3 is 1. The van der Waals surface area contributed by atoms with Gasteiger partial charge in [0.15, 0.2) is 5.75 Å². The number of hydrogen-bond acceptors (Lipinski definition) is 2. The molecule has 1 aliphatic carbocycles. The SMILES string of the molecule is COc1c(Br)cc(Cl)cc1NC1CC(C)(C)CC(C)(C)C1. The highest BCUT2D eigenvalue weighted by Gasteiger charge is 2.38. The first-order valence-corrected chi connectivity index (χ1v) is 8.59. The zero-order valence-electron chi connectivity index (χ0n) is 13.5. The molecule has 4 heteroatoms. The normalized spacial score (nSPS) is 21.1. The predicted octanol–water partition coefficient (Wildman–Crippen LogP) is 6.13. The molecule has 0 bridgehead atoms. The standard InChI is InChI=1S/C17H25BrClNO/c1-16(2)8-12(9-17(3,4)10-16)20-14-7-11(19)6-13(18)15(14)21-5/h6-7,12,20H,8-10H2,1-5H3. The van der Waals surface area contributed by atoms with Crippen molar-refractivity contribution in [3.8, 4) is 5.75 Å². The van der Waals surface area contributed by atoms with Crippen LogP contribution < -0.4 is 10.1 Å². The zero-order valence-corrected chi connectivity index (χ0v) is 15.9. The quantitative estimate of drug-likeness (QED) is 0.687. The van der Waals surface area contributed by atoms with Gasteiger partial charge >= 0.3 is 0 Å². The molecule has 1 aromatic carbocycles. The minimum absolute atomic E-state index is 0.350. The van der Waals surface area contributed by atoms with Crippen molar-refractivity contribution >= 4 is 33.2 Å². The van der Waals surface area contributed by atoms with E-state index < -0.39 is 0 Å². The third-order valence-corrected chi connectivity index (χ3v) is 4.93. The fraction of sp³-hybridized carbons (Fsp3) is 0.647. The molecule has 0 heterocycles. The summed E-state index contributed by atoms with van der Waals surface area (Å²) in [4.78, 5) is 0. The molecule has 0 atom stereocenters. The van der Waals surface area contributed by atoms with Crippen LogP contribution in [0.25, 0.3) is 0 Å². The fourth-order valence-corrected chi connectivity index (χ4v) is 5.02. The Morgan fingerprint density at radius 2 is 1.76 bits per heavy atom. The van der Waals surface area contributed by atoms with Gasteiger partial charge in [0, 0.05) is 11.1 Å². The molecule has 0 radical (unpaired) electrons. The maximum Gasteiger partial charge on any atom is 0.156 e. The summed E-state index contributed by atoms with van der Waals surface area (Å²) in [7, 11) is 1.69. The van der Waals surface area contributed by atoms with Gasteiger partial charge in [-0.1, -0.05) is 39.3 Å². The van der Waals surface area contributed by atoms with E-state index in [1.54, 1.807) is 7.11 Å². The van der Waals surface area contributed by atoms with Gasteiger partial charge in [0.1, 0.15) is 0 Å². The first kappa shape index (κ1) is 17.0. The van der Waals surface area contributed by atoms with E-state index in [-0.39, 0.29) is 0 Å². The van der Waals surface area contributed by atoms with Crippen molar-refractivity contribution in [2.45, 2.75) is 53.0 Å². The predicted molar refractivity (Wildman–Crippen MR) is 94.5 cm³/mol. The molecule has 2 rings (SSSR count). The van der Waals surface area contributed by atoms with E-state index in [0.717, 1.165) is 28.8 Å². The molecule has 1 N–H and O–H groups in total. The highest BCUT2D eigenvalue weighted by Crippen LogP contribution is 2.47. The van der Waals surface area contributed by atoms with Gasteiger partial charge in [-0.3, -0.25) is 0 Å². The average Bonchev–Trinajstić information content (AvgIpc) is 2.23. The summed E-state index contributed by atoms with van der Waals surface area (Å²) in [6.45, 7) is 9.42. The van der Waals surface area contributed by atoms with E-state index in [0.29, 0.717) is 21.9 Å². The van der Waals surface area contributed by atoms with Gasteiger partial charge in [-0.05, 0) is 58.2 Å². The zero-order chi connectivity index (χ0) is 15.8. The van der Waals surface area contributed by atoms with Gasteiger partial charge in [0.05, 0.1) is 17.3 Å². The molecular weight excluding hydrogens is 350 g/mol.